The van der Waals surface area contributed by atoms with Gasteiger partial charge in [0.2, 0.25) is 15.9 Å². The summed E-state index contributed by atoms with van der Waals surface area (Å²) in [6.07, 6.45) is 6.12. The molecule has 1 saturated heterocycles. The van der Waals surface area contributed by atoms with Gasteiger partial charge >= 0.3 is 0 Å². The van der Waals surface area contributed by atoms with Crippen LogP contribution in [0.5, 0.6) is 0 Å². The SMILES string of the molecule is CCCCc1ccc(NC(=O)C2CCCN(S(=O)(=O)CCCc3ccccc3)C2)cc1. The maximum Gasteiger partial charge on any atom is 0.228 e. The van der Waals surface area contributed by atoms with Crippen molar-refractivity contribution in [2.45, 2.75) is 51.9 Å². The summed E-state index contributed by atoms with van der Waals surface area (Å²) in [6, 6.07) is 17.9. The lowest BCUT2D eigenvalue weighted by molar-refractivity contribution is -0.120. The number of carbonyl (C=O) groups excluding carboxylic acids is 1. The maximum atomic E-state index is 12.8. The summed E-state index contributed by atoms with van der Waals surface area (Å²) in [4.78, 5) is 12.8. The van der Waals surface area contributed by atoms with Gasteiger partial charge in [0.1, 0.15) is 0 Å². The van der Waals surface area contributed by atoms with E-state index < -0.39 is 10.0 Å². The fourth-order valence-corrected chi connectivity index (χ4v) is 5.60. The van der Waals surface area contributed by atoms with Crippen molar-refractivity contribution in [1.29, 1.82) is 0 Å². The number of rotatable bonds is 10. The third-order valence-corrected chi connectivity index (χ3v) is 7.82. The summed E-state index contributed by atoms with van der Waals surface area (Å²) in [7, 11) is -3.35. The number of sulfonamides is 1. The Morgan fingerprint density at radius 2 is 1.68 bits per heavy atom. The molecule has 0 aliphatic carbocycles. The second kappa shape index (κ2) is 11.4. The molecule has 1 atom stereocenters. The molecule has 168 valence electrons. The van der Waals surface area contributed by atoms with Gasteiger partial charge in [-0.25, -0.2) is 12.7 Å². The second-order valence-corrected chi connectivity index (χ2v) is 10.5. The lowest BCUT2D eigenvalue weighted by Gasteiger charge is -2.31. The van der Waals surface area contributed by atoms with Gasteiger partial charge in [-0.15, -0.1) is 0 Å². The topological polar surface area (TPSA) is 66.5 Å². The molecule has 3 rings (SSSR count). The van der Waals surface area contributed by atoms with Crippen LogP contribution >= 0.6 is 0 Å². The molecule has 1 amide bonds. The maximum absolute atomic E-state index is 12.8. The first-order valence-corrected chi connectivity index (χ1v) is 13.0. The van der Waals surface area contributed by atoms with E-state index in [1.54, 1.807) is 0 Å². The summed E-state index contributed by atoms with van der Waals surface area (Å²) in [5, 5.41) is 2.97. The van der Waals surface area contributed by atoms with Gasteiger partial charge in [0, 0.05) is 18.8 Å². The van der Waals surface area contributed by atoms with Gasteiger partial charge in [-0.1, -0.05) is 55.8 Å². The third kappa shape index (κ3) is 7.18. The van der Waals surface area contributed by atoms with Crippen LogP contribution in [0, 0.1) is 5.92 Å². The zero-order valence-corrected chi connectivity index (χ0v) is 19.2. The van der Waals surface area contributed by atoms with Crippen LogP contribution in [0.4, 0.5) is 5.69 Å². The number of hydrogen-bond donors (Lipinski definition) is 1. The Balaban J connectivity index is 1.50. The Labute approximate surface area is 186 Å². The van der Waals surface area contributed by atoms with Crippen LogP contribution in [0.3, 0.4) is 0 Å². The van der Waals surface area contributed by atoms with E-state index in [0.717, 1.165) is 43.4 Å². The molecular weight excluding hydrogens is 408 g/mol. The predicted octanol–water partition coefficient (Wildman–Crippen LogP) is 4.64. The first-order valence-electron chi connectivity index (χ1n) is 11.4. The molecule has 1 N–H and O–H groups in total. The number of aryl methyl sites for hydroxylation is 2. The monoisotopic (exact) mass is 442 g/mol. The van der Waals surface area contributed by atoms with Crippen LogP contribution in [0.25, 0.3) is 0 Å². The fourth-order valence-electron chi connectivity index (χ4n) is 4.02. The minimum atomic E-state index is -3.35. The van der Waals surface area contributed by atoms with E-state index in [1.807, 2.05) is 42.5 Å². The van der Waals surface area contributed by atoms with Crippen LogP contribution in [-0.4, -0.2) is 37.5 Å². The van der Waals surface area contributed by atoms with Crippen molar-refractivity contribution in [3.63, 3.8) is 0 Å². The molecule has 5 nitrogen and oxygen atoms in total. The molecule has 0 aromatic heterocycles. The standard InChI is InChI=1S/C25H34N2O3S/c1-2-3-9-22-14-16-24(17-15-22)26-25(28)23-13-7-18-27(20-23)31(29,30)19-8-12-21-10-5-4-6-11-21/h4-6,10-11,14-17,23H,2-3,7-9,12-13,18-20H2,1H3,(H,26,28). The van der Waals surface area contributed by atoms with Gasteiger partial charge < -0.3 is 5.32 Å². The van der Waals surface area contributed by atoms with Crippen molar-refractivity contribution in [2.24, 2.45) is 5.92 Å². The Morgan fingerprint density at radius 1 is 1.00 bits per heavy atom. The lowest BCUT2D eigenvalue weighted by atomic mass is 9.98. The van der Waals surface area contributed by atoms with Crippen LogP contribution in [-0.2, 0) is 27.7 Å². The number of nitrogens with zero attached hydrogens (tertiary/aromatic N) is 1. The first-order chi connectivity index (χ1) is 15.0. The van der Waals surface area contributed by atoms with Crippen LogP contribution in [0.1, 0.15) is 50.2 Å². The van der Waals surface area contributed by atoms with Crippen molar-refractivity contribution in [2.75, 3.05) is 24.2 Å². The minimum absolute atomic E-state index is 0.0921. The van der Waals surface area contributed by atoms with Crippen molar-refractivity contribution < 1.29 is 13.2 Å². The van der Waals surface area contributed by atoms with Crippen molar-refractivity contribution >= 4 is 21.6 Å². The highest BCUT2D eigenvalue weighted by Crippen LogP contribution is 2.22. The van der Waals surface area contributed by atoms with Gasteiger partial charge in [-0.3, -0.25) is 4.79 Å². The molecule has 1 heterocycles. The molecule has 1 aliphatic heterocycles. The van der Waals surface area contributed by atoms with Crippen LogP contribution < -0.4 is 5.32 Å². The van der Waals surface area contributed by atoms with Crippen molar-refractivity contribution in [3.8, 4) is 0 Å². The average Bonchev–Trinajstić information content (AvgIpc) is 2.79. The van der Waals surface area contributed by atoms with E-state index in [-0.39, 0.29) is 24.1 Å². The molecule has 2 aromatic rings. The Bertz CT molecular complexity index is 927. The predicted molar refractivity (Wildman–Crippen MR) is 127 cm³/mol. The van der Waals surface area contributed by atoms with E-state index in [2.05, 4.69) is 24.4 Å². The quantitative estimate of drug-likeness (QED) is 0.583. The molecule has 0 spiro atoms. The number of piperidine rings is 1. The van der Waals surface area contributed by atoms with Gasteiger partial charge in [0.25, 0.3) is 0 Å². The van der Waals surface area contributed by atoms with Gasteiger partial charge in [0.15, 0.2) is 0 Å². The van der Waals surface area contributed by atoms with E-state index in [4.69, 9.17) is 0 Å². The van der Waals surface area contributed by atoms with E-state index in [1.165, 1.54) is 9.87 Å². The Hall–Kier alpha value is -2.18. The summed E-state index contributed by atoms with van der Waals surface area (Å²) in [5.41, 5.74) is 3.19. The first kappa shape index (κ1) is 23.5. The number of amides is 1. The van der Waals surface area contributed by atoms with Gasteiger partial charge in [-0.2, -0.15) is 0 Å². The largest absolute Gasteiger partial charge is 0.326 e. The molecular formula is C25H34N2O3S. The molecule has 0 radical (unpaired) electrons. The van der Waals surface area contributed by atoms with E-state index in [9.17, 15) is 13.2 Å². The van der Waals surface area contributed by atoms with Crippen LogP contribution in [0.2, 0.25) is 0 Å². The number of carbonyl (C=O) groups is 1. The normalized spacial score (nSPS) is 17.4. The summed E-state index contributed by atoms with van der Waals surface area (Å²) >= 11 is 0. The summed E-state index contributed by atoms with van der Waals surface area (Å²) in [5.74, 6) is -0.280. The zero-order valence-electron chi connectivity index (χ0n) is 18.4. The Morgan fingerprint density at radius 3 is 2.39 bits per heavy atom. The highest BCUT2D eigenvalue weighted by atomic mass is 32.2. The summed E-state index contributed by atoms with van der Waals surface area (Å²) < 4.78 is 27.2. The van der Waals surface area contributed by atoms with E-state index in [0.29, 0.717) is 19.4 Å². The molecule has 1 aliphatic rings. The number of hydrogen-bond acceptors (Lipinski definition) is 3. The minimum Gasteiger partial charge on any atom is -0.326 e. The van der Waals surface area contributed by atoms with Crippen molar-refractivity contribution in [1.82, 2.24) is 4.31 Å². The highest BCUT2D eigenvalue weighted by molar-refractivity contribution is 7.89. The van der Waals surface area contributed by atoms with Crippen LogP contribution in [0.15, 0.2) is 54.6 Å². The fraction of sp³-hybridized carbons (Fsp3) is 0.480. The molecule has 2 aromatic carbocycles. The lowest BCUT2D eigenvalue weighted by Crippen LogP contribution is -2.44. The van der Waals surface area contributed by atoms with Crippen molar-refractivity contribution in [3.05, 3.63) is 65.7 Å². The number of benzene rings is 2. The molecule has 1 unspecified atom stereocenters. The van der Waals surface area contributed by atoms with Gasteiger partial charge in [0.05, 0.1) is 11.7 Å². The van der Waals surface area contributed by atoms with E-state index >= 15 is 0 Å². The summed E-state index contributed by atoms with van der Waals surface area (Å²) in [6.45, 7) is 2.95. The van der Waals surface area contributed by atoms with Gasteiger partial charge in [-0.05, 0) is 61.8 Å². The number of anilines is 1. The molecule has 1 fully saturated rings. The molecule has 31 heavy (non-hydrogen) atoms. The highest BCUT2D eigenvalue weighted by Gasteiger charge is 2.32. The Kier molecular flexibility index (Phi) is 8.67. The average molecular weight is 443 g/mol. The molecule has 6 heteroatoms. The molecule has 0 saturated carbocycles. The zero-order chi connectivity index (χ0) is 22.1. The smallest absolute Gasteiger partial charge is 0.228 e. The third-order valence-electron chi connectivity index (χ3n) is 5.90. The molecule has 0 bridgehead atoms. The second-order valence-electron chi connectivity index (χ2n) is 8.39. The number of unbranched alkanes of at least 4 members (excludes halogenated alkanes) is 1. The number of nitrogens with one attached hydrogen (secondary N) is 1.